The van der Waals surface area contributed by atoms with Gasteiger partial charge in [-0.25, -0.2) is 4.79 Å². The molecule has 1 aromatic rings. The third-order valence-electron chi connectivity index (χ3n) is 3.57. The predicted octanol–water partition coefficient (Wildman–Crippen LogP) is 1.90. The van der Waals surface area contributed by atoms with Crippen LogP contribution in [0, 0.1) is 0 Å². The molecule has 0 aromatic heterocycles. The summed E-state index contributed by atoms with van der Waals surface area (Å²) in [5, 5.41) is 14.6. The van der Waals surface area contributed by atoms with Crippen LogP contribution in [0.25, 0.3) is 0 Å². The minimum absolute atomic E-state index is 0.134. The molecule has 0 radical (unpaired) electrons. The number of nitrogens with one attached hydrogen (secondary N) is 2. The molecule has 3 amide bonds. The van der Waals surface area contributed by atoms with E-state index in [0.717, 1.165) is 12.2 Å². The van der Waals surface area contributed by atoms with E-state index in [9.17, 15) is 9.59 Å². The van der Waals surface area contributed by atoms with Crippen LogP contribution in [-0.2, 0) is 4.79 Å². The highest BCUT2D eigenvalue weighted by atomic mass is 32.2. The van der Waals surface area contributed by atoms with Gasteiger partial charge in [-0.15, -0.1) is 11.8 Å². The number of urea groups is 1. The number of carbonyl (C=O) groups is 2. The zero-order chi connectivity index (χ0) is 16.7. The summed E-state index contributed by atoms with van der Waals surface area (Å²) in [5.74, 6) is 0.851. The Kier molecular flexibility index (Phi) is 6.73. The fourth-order valence-corrected chi connectivity index (χ4v) is 3.19. The predicted molar refractivity (Wildman–Crippen MR) is 91.7 cm³/mol. The molecule has 0 aliphatic carbocycles. The second-order valence-corrected chi connectivity index (χ2v) is 6.48. The molecule has 2 rings (SSSR count). The van der Waals surface area contributed by atoms with Crippen molar-refractivity contribution < 1.29 is 14.7 Å². The highest BCUT2D eigenvalue weighted by Crippen LogP contribution is 2.21. The van der Waals surface area contributed by atoms with E-state index in [2.05, 4.69) is 17.6 Å². The lowest BCUT2D eigenvalue weighted by Crippen LogP contribution is -2.58. The van der Waals surface area contributed by atoms with Crippen LogP contribution in [0.4, 0.5) is 10.5 Å². The van der Waals surface area contributed by atoms with Crippen LogP contribution in [0.15, 0.2) is 29.2 Å². The first-order chi connectivity index (χ1) is 11.2. The molecule has 1 fully saturated rings. The maximum Gasteiger partial charge on any atom is 0.322 e. The summed E-state index contributed by atoms with van der Waals surface area (Å²) in [4.78, 5) is 26.9. The highest BCUT2D eigenvalue weighted by Gasteiger charge is 2.32. The molecule has 23 heavy (non-hydrogen) atoms. The molecule has 0 bridgehead atoms. The minimum Gasteiger partial charge on any atom is -0.396 e. The largest absolute Gasteiger partial charge is 0.396 e. The average molecular weight is 337 g/mol. The normalized spacial score (nSPS) is 17.7. The lowest BCUT2D eigenvalue weighted by atomic mass is 10.1. The first-order valence-electron chi connectivity index (χ1n) is 7.84. The summed E-state index contributed by atoms with van der Waals surface area (Å²) in [5.41, 5.74) is 0.699. The second kappa shape index (κ2) is 8.79. The number of rotatable bonds is 6. The van der Waals surface area contributed by atoms with E-state index < -0.39 is 6.04 Å². The Labute approximate surface area is 140 Å². The monoisotopic (exact) mass is 337 g/mol. The smallest absolute Gasteiger partial charge is 0.322 e. The van der Waals surface area contributed by atoms with Crippen LogP contribution in [0.5, 0.6) is 0 Å². The SMILES string of the molecule is CCCSc1ccc(NC(=O)N2CCNC(=O)C2CCO)cc1. The van der Waals surface area contributed by atoms with Gasteiger partial charge in [0, 0.05) is 30.3 Å². The van der Waals surface area contributed by atoms with Gasteiger partial charge in [0.2, 0.25) is 5.91 Å². The third kappa shape index (κ3) is 4.87. The molecule has 7 heteroatoms. The van der Waals surface area contributed by atoms with Crippen molar-refractivity contribution in [1.82, 2.24) is 10.2 Å². The van der Waals surface area contributed by atoms with Crippen LogP contribution >= 0.6 is 11.8 Å². The number of aliphatic hydroxyl groups is 1. The number of hydrogen-bond donors (Lipinski definition) is 3. The Bertz CT molecular complexity index is 536. The van der Waals surface area contributed by atoms with E-state index in [1.807, 2.05) is 24.3 Å². The fraction of sp³-hybridized carbons (Fsp3) is 0.500. The van der Waals surface area contributed by atoms with Crippen LogP contribution in [0.1, 0.15) is 19.8 Å². The number of carbonyl (C=O) groups excluding carboxylic acids is 2. The van der Waals surface area contributed by atoms with Gasteiger partial charge in [-0.05, 0) is 42.9 Å². The number of piperazine rings is 1. The molecule has 1 atom stereocenters. The summed E-state index contributed by atoms with van der Waals surface area (Å²) >= 11 is 1.78. The molecule has 1 saturated heterocycles. The van der Waals surface area contributed by atoms with Gasteiger partial charge in [-0.1, -0.05) is 6.92 Å². The van der Waals surface area contributed by atoms with Crippen molar-refractivity contribution in [2.75, 3.05) is 30.8 Å². The summed E-state index contributed by atoms with van der Waals surface area (Å²) in [6.07, 6.45) is 1.36. The summed E-state index contributed by atoms with van der Waals surface area (Å²) in [7, 11) is 0. The van der Waals surface area contributed by atoms with Gasteiger partial charge in [0.05, 0.1) is 0 Å². The molecular weight excluding hydrogens is 314 g/mol. The molecule has 1 aliphatic heterocycles. The Morgan fingerprint density at radius 3 is 2.83 bits per heavy atom. The zero-order valence-corrected chi connectivity index (χ0v) is 14.1. The summed E-state index contributed by atoms with van der Waals surface area (Å²) in [6.45, 7) is 2.87. The molecule has 126 valence electrons. The Balaban J connectivity index is 1.98. The maximum atomic E-state index is 12.4. The van der Waals surface area contributed by atoms with Gasteiger partial charge in [-0.2, -0.15) is 0 Å². The van der Waals surface area contributed by atoms with E-state index in [1.165, 1.54) is 9.80 Å². The molecule has 1 aromatic carbocycles. The number of amides is 3. The van der Waals surface area contributed by atoms with E-state index in [4.69, 9.17) is 5.11 Å². The van der Waals surface area contributed by atoms with Crippen LogP contribution in [0.3, 0.4) is 0 Å². The molecule has 1 unspecified atom stereocenters. The van der Waals surface area contributed by atoms with Gasteiger partial charge in [-0.3, -0.25) is 4.79 Å². The van der Waals surface area contributed by atoms with E-state index in [1.54, 1.807) is 11.8 Å². The van der Waals surface area contributed by atoms with Gasteiger partial charge in [0.25, 0.3) is 0 Å². The van der Waals surface area contributed by atoms with Crippen LogP contribution < -0.4 is 10.6 Å². The van der Waals surface area contributed by atoms with Crippen molar-refractivity contribution in [1.29, 1.82) is 0 Å². The molecule has 1 aliphatic rings. The lowest BCUT2D eigenvalue weighted by Gasteiger charge is -2.34. The molecular formula is C16H23N3O3S. The zero-order valence-electron chi connectivity index (χ0n) is 13.2. The number of aliphatic hydroxyl groups excluding tert-OH is 1. The van der Waals surface area contributed by atoms with Crippen molar-refractivity contribution >= 4 is 29.4 Å². The summed E-state index contributed by atoms with van der Waals surface area (Å²) in [6, 6.07) is 6.75. The third-order valence-corrected chi connectivity index (χ3v) is 4.79. The molecule has 6 nitrogen and oxygen atoms in total. The van der Waals surface area contributed by atoms with Crippen molar-refractivity contribution in [3.05, 3.63) is 24.3 Å². The molecule has 3 N–H and O–H groups in total. The number of nitrogens with zero attached hydrogens (tertiary/aromatic N) is 1. The standard InChI is InChI=1S/C16H23N3O3S/c1-2-11-23-13-5-3-12(4-6-13)18-16(22)19-9-8-17-15(21)14(19)7-10-20/h3-6,14,20H,2,7-11H2,1H3,(H,17,21)(H,18,22). The Morgan fingerprint density at radius 2 is 2.17 bits per heavy atom. The first-order valence-corrected chi connectivity index (χ1v) is 8.83. The average Bonchev–Trinajstić information content (AvgIpc) is 2.56. The minimum atomic E-state index is -0.617. The molecule has 0 spiro atoms. The van der Waals surface area contributed by atoms with Crippen molar-refractivity contribution in [2.45, 2.75) is 30.7 Å². The van der Waals surface area contributed by atoms with Crippen molar-refractivity contribution in [2.24, 2.45) is 0 Å². The second-order valence-electron chi connectivity index (χ2n) is 5.32. The fourth-order valence-electron chi connectivity index (χ4n) is 2.42. The number of benzene rings is 1. The van der Waals surface area contributed by atoms with Gasteiger partial charge in [0.15, 0.2) is 0 Å². The highest BCUT2D eigenvalue weighted by molar-refractivity contribution is 7.99. The lowest BCUT2D eigenvalue weighted by molar-refractivity contribution is -0.128. The van der Waals surface area contributed by atoms with E-state index in [0.29, 0.717) is 18.8 Å². The topological polar surface area (TPSA) is 81.7 Å². The van der Waals surface area contributed by atoms with E-state index in [-0.39, 0.29) is 25.0 Å². The van der Waals surface area contributed by atoms with Gasteiger partial charge in [0.1, 0.15) is 6.04 Å². The van der Waals surface area contributed by atoms with E-state index >= 15 is 0 Å². The van der Waals surface area contributed by atoms with Crippen LogP contribution in [0.2, 0.25) is 0 Å². The Morgan fingerprint density at radius 1 is 1.43 bits per heavy atom. The summed E-state index contributed by atoms with van der Waals surface area (Å²) < 4.78 is 0. The number of hydrogen-bond acceptors (Lipinski definition) is 4. The van der Waals surface area contributed by atoms with Crippen molar-refractivity contribution in [3.63, 3.8) is 0 Å². The van der Waals surface area contributed by atoms with Gasteiger partial charge >= 0.3 is 6.03 Å². The van der Waals surface area contributed by atoms with Crippen molar-refractivity contribution in [3.8, 4) is 0 Å². The number of anilines is 1. The number of thioether (sulfide) groups is 1. The van der Waals surface area contributed by atoms with Gasteiger partial charge < -0.3 is 20.6 Å². The molecule has 1 heterocycles. The van der Waals surface area contributed by atoms with Crippen LogP contribution in [-0.4, -0.2) is 53.4 Å². The quantitative estimate of drug-likeness (QED) is 0.693. The first kappa shape index (κ1) is 17.6. The Hall–Kier alpha value is -1.73. The molecule has 0 saturated carbocycles. The maximum absolute atomic E-state index is 12.4.